The van der Waals surface area contributed by atoms with Crippen LogP contribution in [0.15, 0.2) is 28.7 Å². The molecular formula is C15H22N4O2. The van der Waals surface area contributed by atoms with Crippen molar-refractivity contribution in [3.63, 3.8) is 0 Å². The Balaban J connectivity index is 1.98. The van der Waals surface area contributed by atoms with Crippen LogP contribution in [-0.4, -0.2) is 22.8 Å². The van der Waals surface area contributed by atoms with E-state index in [0.717, 1.165) is 18.0 Å². The molecule has 0 spiro atoms. The summed E-state index contributed by atoms with van der Waals surface area (Å²) in [5.74, 6) is 1.40. The van der Waals surface area contributed by atoms with E-state index in [4.69, 9.17) is 9.15 Å². The molecule has 0 fully saturated rings. The van der Waals surface area contributed by atoms with E-state index in [1.54, 1.807) is 0 Å². The van der Waals surface area contributed by atoms with Crippen molar-refractivity contribution >= 4 is 11.7 Å². The minimum atomic E-state index is 0.0415. The summed E-state index contributed by atoms with van der Waals surface area (Å²) in [7, 11) is 0. The van der Waals surface area contributed by atoms with Gasteiger partial charge >= 0.3 is 6.01 Å². The van der Waals surface area contributed by atoms with E-state index < -0.39 is 0 Å². The number of nitrogens with zero attached hydrogens (tertiary/aromatic N) is 2. The van der Waals surface area contributed by atoms with Gasteiger partial charge in [-0.3, -0.25) is 0 Å². The summed E-state index contributed by atoms with van der Waals surface area (Å²) in [6, 6.07) is 8.05. The van der Waals surface area contributed by atoms with Gasteiger partial charge in [-0.05, 0) is 51.6 Å². The van der Waals surface area contributed by atoms with Gasteiger partial charge in [0.2, 0.25) is 5.89 Å². The summed E-state index contributed by atoms with van der Waals surface area (Å²) in [4.78, 5) is 0. The Morgan fingerprint density at radius 3 is 2.48 bits per heavy atom. The highest BCUT2D eigenvalue weighted by atomic mass is 16.5. The van der Waals surface area contributed by atoms with Crippen LogP contribution in [0.3, 0.4) is 0 Å². The van der Waals surface area contributed by atoms with Gasteiger partial charge in [-0.1, -0.05) is 12.0 Å². The number of anilines is 2. The Morgan fingerprint density at radius 1 is 1.14 bits per heavy atom. The van der Waals surface area contributed by atoms with Crippen LogP contribution in [0.2, 0.25) is 0 Å². The third kappa shape index (κ3) is 4.46. The summed E-state index contributed by atoms with van der Waals surface area (Å²) >= 11 is 0. The second kappa shape index (κ2) is 7.08. The Hall–Kier alpha value is -2.08. The number of rotatable bonds is 7. The van der Waals surface area contributed by atoms with Crippen LogP contribution >= 0.6 is 0 Å². The molecule has 6 nitrogen and oxygen atoms in total. The summed E-state index contributed by atoms with van der Waals surface area (Å²) in [6.07, 6.45) is 0.162. The molecule has 0 saturated heterocycles. The zero-order valence-corrected chi connectivity index (χ0v) is 12.9. The molecule has 1 atom stereocenters. The highest BCUT2D eigenvalue weighted by Crippen LogP contribution is 2.21. The van der Waals surface area contributed by atoms with Gasteiger partial charge in [-0.2, -0.15) is 0 Å². The SMILES string of the molecule is CCNC(C)c1nnc(Nc2ccc(OC(C)C)cc2)o1. The summed E-state index contributed by atoms with van der Waals surface area (Å²) in [5.41, 5.74) is 0.873. The van der Waals surface area contributed by atoms with E-state index in [0.29, 0.717) is 11.9 Å². The predicted octanol–water partition coefficient (Wildman–Crippen LogP) is 3.27. The van der Waals surface area contributed by atoms with Gasteiger partial charge in [0.15, 0.2) is 0 Å². The van der Waals surface area contributed by atoms with Crippen molar-refractivity contribution in [1.29, 1.82) is 0 Å². The monoisotopic (exact) mass is 290 g/mol. The first-order valence-electron chi connectivity index (χ1n) is 7.19. The lowest BCUT2D eigenvalue weighted by atomic mass is 10.3. The van der Waals surface area contributed by atoms with Crippen LogP contribution in [0.4, 0.5) is 11.7 Å². The molecule has 2 N–H and O–H groups in total. The van der Waals surface area contributed by atoms with Crippen LogP contribution < -0.4 is 15.4 Å². The van der Waals surface area contributed by atoms with E-state index in [2.05, 4.69) is 20.8 Å². The second-order valence-electron chi connectivity index (χ2n) is 5.04. The average Bonchev–Trinajstić information content (AvgIpc) is 2.89. The zero-order chi connectivity index (χ0) is 15.2. The highest BCUT2D eigenvalue weighted by Gasteiger charge is 2.12. The lowest BCUT2D eigenvalue weighted by molar-refractivity contribution is 0.242. The maximum absolute atomic E-state index is 5.59. The molecule has 2 aromatic rings. The van der Waals surface area contributed by atoms with Crippen molar-refractivity contribution in [2.45, 2.75) is 39.8 Å². The Kier molecular flexibility index (Phi) is 5.16. The lowest BCUT2D eigenvalue weighted by Crippen LogP contribution is -2.17. The van der Waals surface area contributed by atoms with E-state index in [1.807, 2.05) is 52.0 Å². The number of hydrogen-bond acceptors (Lipinski definition) is 6. The molecule has 0 aliphatic rings. The first kappa shape index (κ1) is 15.3. The number of benzene rings is 1. The minimum Gasteiger partial charge on any atom is -0.491 e. The Morgan fingerprint density at radius 2 is 1.86 bits per heavy atom. The van der Waals surface area contributed by atoms with Crippen molar-refractivity contribution in [3.8, 4) is 5.75 Å². The van der Waals surface area contributed by atoms with Crippen molar-refractivity contribution in [3.05, 3.63) is 30.2 Å². The second-order valence-corrected chi connectivity index (χ2v) is 5.04. The largest absolute Gasteiger partial charge is 0.491 e. The van der Waals surface area contributed by atoms with Crippen LogP contribution in [0.25, 0.3) is 0 Å². The van der Waals surface area contributed by atoms with Crippen LogP contribution in [-0.2, 0) is 0 Å². The van der Waals surface area contributed by atoms with Crippen LogP contribution in [0.1, 0.15) is 39.6 Å². The number of ether oxygens (including phenoxy) is 1. The van der Waals surface area contributed by atoms with Gasteiger partial charge in [-0.15, -0.1) is 5.10 Å². The van der Waals surface area contributed by atoms with Gasteiger partial charge in [0.25, 0.3) is 0 Å². The molecule has 0 saturated carbocycles. The fourth-order valence-electron chi connectivity index (χ4n) is 1.87. The first-order valence-corrected chi connectivity index (χ1v) is 7.19. The maximum Gasteiger partial charge on any atom is 0.320 e. The predicted molar refractivity (Wildman–Crippen MR) is 81.9 cm³/mol. The standard InChI is InChI=1S/C15H22N4O2/c1-5-16-11(4)14-18-19-15(21-14)17-12-6-8-13(9-7-12)20-10(2)3/h6-11,16H,5H2,1-4H3,(H,17,19). The number of aromatic nitrogens is 2. The molecule has 1 unspecified atom stereocenters. The lowest BCUT2D eigenvalue weighted by Gasteiger charge is -2.10. The summed E-state index contributed by atoms with van der Waals surface area (Å²) < 4.78 is 11.2. The van der Waals surface area contributed by atoms with E-state index >= 15 is 0 Å². The van der Waals surface area contributed by atoms with E-state index in [9.17, 15) is 0 Å². The normalized spacial score (nSPS) is 12.4. The topological polar surface area (TPSA) is 72.2 Å². The molecule has 1 aromatic carbocycles. The molecule has 1 heterocycles. The van der Waals surface area contributed by atoms with Crippen molar-refractivity contribution in [2.24, 2.45) is 0 Å². The molecule has 0 radical (unpaired) electrons. The highest BCUT2D eigenvalue weighted by molar-refractivity contribution is 5.53. The molecule has 0 aliphatic carbocycles. The number of hydrogen-bond donors (Lipinski definition) is 2. The fraction of sp³-hybridized carbons (Fsp3) is 0.467. The van der Waals surface area contributed by atoms with Crippen LogP contribution in [0.5, 0.6) is 5.75 Å². The van der Waals surface area contributed by atoms with E-state index in [1.165, 1.54) is 0 Å². The number of nitrogens with one attached hydrogen (secondary N) is 2. The van der Waals surface area contributed by atoms with Crippen LogP contribution in [0, 0.1) is 0 Å². The molecule has 0 bridgehead atoms. The summed E-state index contributed by atoms with van der Waals surface area (Å²) in [6.45, 7) is 8.87. The molecule has 21 heavy (non-hydrogen) atoms. The smallest absolute Gasteiger partial charge is 0.320 e. The third-order valence-corrected chi connectivity index (χ3v) is 2.80. The van der Waals surface area contributed by atoms with Crippen molar-refractivity contribution in [2.75, 3.05) is 11.9 Å². The molecule has 0 amide bonds. The first-order chi connectivity index (χ1) is 10.1. The molecular weight excluding hydrogens is 268 g/mol. The Bertz CT molecular complexity index is 551. The zero-order valence-electron chi connectivity index (χ0n) is 12.9. The molecule has 2 rings (SSSR count). The van der Waals surface area contributed by atoms with Gasteiger partial charge < -0.3 is 19.8 Å². The van der Waals surface area contributed by atoms with Gasteiger partial charge in [0, 0.05) is 5.69 Å². The third-order valence-electron chi connectivity index (χ3n) is 2.80. The fourth-order valence-corrected chi connectivity index (χ4v) is 1.87. The van der Waals surface area contributed by atoms with E-state index in [-0.39, 0.29) is 12.1 Å². The molecule has 114 valence electrons. The average molecular weight is 290 g/mol. The van der Waals surface area contributed by atoms with Gasteiger partial charge in [-0.25, -0.2) is 0 Å². The van der Waals surface area contributed by atoms with Gasteiger partial charge in [0.05, 0.1) is 12.1 Å². The molecule has 1 aromatic heterocycles. The van der Waals surface area contributed by atoms with Gasteiger partial charge in [0.1, 0.15) is 5.75 Å². The van der Waals surface area contributed by atoms with Crippen molar-refractivity contribution < 1.29 is 9.15 Å². The Labute approximate surface area is 124 Å². The molecule has 6 heteroatoms. The summed E-state index contributed by atoms with van der Waals surface area (Å²) in [5, 5.41) is 14.3. The maximum atomic E-state index is 5.59. The minimum absolute atomic E-state index is 0.0415. The quantitative estimate of drug-likeness (QED) is 0.815. The van der Waals surface area contributed by atoms with Crippen molar-refractivity contribution in [1.82, 2.24) is 15.5 Å². The molecule has 0 aliphatic heterocycles.